The van der Waals surface area contributed by atoms with Crippen molar-refractivity contribution in [1.29, 1.82) is 0 Å². The Kier molecular flexibility index (Phi) is 35.6. The molecule has 0 bridgehead atoms. The first kappa shape index (κ1) is 48.2. The quantitative estimate of drug-likeness (QED) is 0.0250. The molecule has 0 aromatic heterocycles. The van der Waals surface area contributed by atoms with Gasteiger partial charge < -0.3 is 24.6 Å². The van der Waals surface area contributed by atoms with Crippen LogP contribution < -0.4 is 0 Å². The van der Waals surface area contributed by atoms with Crippen LogP contribution in [0.1, 0.15) is 142 Å². The van der Waals surface area contributed by atoms with Crippen LogP contribution in [0.2, 0.25) is 0 Å². The van der Waals surface area contributed by atoms with Gasteiger partial charge in [0.25, 0.3) is 0 Å². The molecular formula is C40H71O9P. The van der Waals surface area contributed by atoms with Crippen molar-refractivity contribution in [2.24, 2.45) is 0 Å². The van der Waals surface area contributed by atoms with E-state index in [1.54, 1.807) is 0 Å². The Bertz CT molecular complexity index is 960. The number of carbonyl (C=O) groups excluding carboxylic acids is 1. The number of aliphatic hydroxyl groups excluding tert-OH is 2. The number of carbonyl (C=O) groups is 1. The zero-order chi connectivity index (χ0) is 36.8. The molecule has 0 rings (SSSR count). The van der Waals surface area contributed by atoms with E-state index in [1.807, 2.05) is 0 Å². The van der Waals surface area contributed by atoms with E-state index < -0.39 is 45.8 Å². The maximum absolute atomic E-state index is 12.5. The summed E-state index contributed by atoms with van der Waals surface area (Å²) in [6.07, 6.45) is 40.4. The second-order valence-electron chi connectivity index (χ2n) is 12.6. The van der Waals surface area contributed by atoms with Crippen molar-refractivity contribution >= 4 is 13.8 Å². The van der Waals surface area contributed by atoms with Gasteiger partial charge in [-0.15, -0.1) is 0 Å². The van der Waals surface area contributed by atoms with E-state index in [-0.39, 0.29) is 13.0 Å². The van der Waals surface area contributed by atoms with Gasteiger partial charge in [-0.05, 0) is 57.8 Å². The van der Waals surface area contributed by atoms with Crippen LogP contribution >= 0.6 is 7.82 Å². The number of hydrogen-bond donors (Lipinski definition) is 3. The Morgan fingerprint density at radius 2 is 1.14 bits per heavy atom. The van der Waals surface area contributed by atoms with Gasteiger partial charge in [-0.2, -0.15) is 0 Å². The summed E-state index contributed by atoms with van der Waals surface area (Å²) < 4.78 is 33.2. The molecule has 3 N–H and O–H groups in total. The molecule has 0 aromatic carbocycles. The second-order valence-corrected chi connectivity index (χ2v) is 14.0. The molecule has 0 spiro atoms. The maximum Gasteiger partial charge on any atom is 0.472 e. The zero-order valence-electron chi connectivity index (χ0n) is 31.3. The van der Waals surface area contributed by atoms with Gasteiger partial charge in [-0.3, -0.25) is 13.8 Å². The zero-order valence-corrected chi connectivity index (χ0v) is 32.2. The molecule has 10 heteroatoms. The van der Waals surface area contributed by atoms with Gasteiger partial charge in [0.15, 0.2) is 0 Å². The molecule has 3 unspecified atom stereocenters. The summed E-state index contributed by atoms with van der Waals surface area (Å²) >= 11 is 0. The van der Waals surface area contributed by atoms with Gasteiger partial charge in [0, 0.05) is 13.0 Å². The predicted molar refractivity (Wildman–Crippen MR) is 205 cm³/mol. The monoisotopic (exact) mass is 726 g/mol. The van der Waals surface area contributed by atoms with Crippen molar-refractivity contribution in [3.05, 3.63) is 60.8 Å². The van der Waals surface area contributed by atoms with Crippen molar-refractivity contribution in [3.63, 3.8) is 0 Å². The van der Waals surface area contributed by atoms with Crippen LogP contribution in [-0.4, -0.2) is 66.3 Å². The molecule has 0 aliphatic rings. The van der Waals surface area contributed by atoms with Gasteiger partial charge in [-0.1, -0.05) is 139 Å². The lowest BCUT2D eigenvalue weighted by atomic mass is 10.1. The van der Waals surface area contributed by atoms with Gasteiger partial charge in [-0.25, -0.2) is 4.57 Å². The summed E-state index contributed by atoms with van der Waals surface area (Å²) in [5.41, 5.74) is 0. The normalized spacial score (nSPS) is 14.9. The summed E-state index contributed by atoms with van der Waals surface area (Å²) in [6, 6.07) is 0. The van der Waals surface area contributed by atoms with E-state index in [9.17, 15) is 19.4 Å². The molecule has 0 radical (unpaired) electrons. The molecule has 0 heterocycles. The number of unbranched alkanes of at least 4 members (excludes halogenated alkanes) is 12. The lowest BCUT2D eigenvalue weighted by molar-refractivity contribution is -0.154. The predicted octanol–water partition coefficient (Wildman–Crippen LogP) is 10.0. The van der Waals surface area contributed by atoms with Crippen molar-refractivity contribution in [3.8, 4) is 0 Å². The van der Waals surface area contributed by atoms with Gasteiger partial charge in [0.1, 0.15) is 12.2 Å². The molecular weight excluding hydrogens is 655 g/mol. The van der Waals surface area contributed by atoms with Crippen LogP contribution in [0.4, 0.5) is 0 Å². The molecule has 0 amide bonds. The van der Waals surface area contributed by atoms with Crippen molar-refractivity contribution in [1.82, 2.24) is 0 Å². The second kappa shape index (κ2) is 36.9. The third-order valence-corrected chi connectivity index (χ3v) is 8.67. The topological polar surface area (TPSA) is 132 Å². The number of phosphoric acid groups is 1. The largest absolute Gasteiger partial charge is 0.472 e. The van der Waals surface area contributed by atoms with E-state index in [0.29, 0.717) is 13.0 Å². The minimum absolute atomic E-state index is 0.0342. The summed E-state index contributed by atoms with van der Waals surface area (Å²) in [6.45, 7) is 3.33. The van der Waals surface area contributed by atoms with Crippen molar-refractivity contribution in [2.45, 2.75) is 154 Å². The highest BCUT2D eigenvalue weighted by Gasteiger charge is 2.26. The van der Waals surface area contributed by atoms with E-state index in [4.69, 9.17) is 23.6 Å². The minimum Gasteiger partial charge on any atom is -0.457 e. The Balaban J connectivity index is 4.29. The Morgan fingerprint density at radius 1 is 0.640 bits per heavy atom. The maximum atomic E-state index is 12.5. The molecule has 3 atom stereocenters. The fourth-order valence-corrected chi connectivity index (χ4v) is 5.58. The average Bonchev–Trinajstić information content (AvgIpc) is 3.10. The molecule has 0 aliphatic carbocycles. The van der Waals surface area contributed by atoms with E-state index in [0.717, 1.165) is 70.6 Å². The Hall–Kier alpha value is -1.84. The van der Waals surface area contributed by atoms with E-state index in [1.165, 1.54) is 44.9 Å². The smallest absolute Gasteiger partial charge is 0.457 e. The number of rotatable bonds is 36. The van der Waals surface area contributed by atoms with Crippen molar-refractivity contribution in [2.75, 3.05) is 33.0 Å². The first-order valence-corrected chi connectivity index (χ1v) is 20.8. The third-order valence-electron chi connectivity index (χ3n) is 7.72. The molecule has 9 nitrogen and oxygen atoms in total. The highest BCUT2D eigenvalue weighted by atomic mass is 31.2. The number of hydrogen-bond acceptors (Lipinski definition) is 8. The van der Waals surface area contributed by atoms with E-state index in [2.05, 4.69) is 74.6 Å². The van der Waals surface area contributed by atoms with Gasteiger partial charge in [0.2, 0.25) is 0 Å². The summed E-state index contributed by atoms with van der Waals surface area (Å²) in [4.78, 5) is 22.5. The fourth-order valence-electron chi connectivity index (χ4n) is 4.79. The van der Waals surface area contributed by atoms with Crippen LogP contribution in [-0.2, 0) is 27.9 Å². The lowest BCUT2D eigenvalue weighted by Gasteiger charge is -2.20. The first-order chi connectivity index (χ1) is 24.3. The molecule has 0 aromatic rings. The minimum atomic E-state index is -4.52. The Morgan fingerprint density at radius 3 is 1.70 bits per heavy atom. The van der Waals surface area contributed by atoms with Crippen LogP contribution in [0.5, 0.6) is 0 Å². The highest BCUT2D eigenvalue weighted by Crippen LogP contribution is 2.43. The molecule has 0 aliphatic heterocycles. The average molecular weight is 727 g/mol. The van der Waals surface area contributed by atoms with Crippen LogP contribution in [0, 0.1) is 0 Å². The van der Waals surface area contributed by atoms with Crippen LogP contribution in [0.15, 0.2) is 60.8 Å². The highest BCUT2D eigenvalue weighted by molar-refractivity contribution is 7.47. The summed E-state index contributed by atoms with van der Waals surface area (Å²) in [5.74, 6) is -0.416. The van der Waals surface area contributed by atoms with Gasteiger partial charge >= 0.3 is 13.8 Å². The molecule has 0 fully saturated rings. The van der Waals surface area contributed by atoms with E-state index >= 15 is 0 Å². The first-order valence-electron chi connectivity index (χ1n) is 19.3. The molecule has 290 valence electrons. The Labute approximate surface area is 304 Å². The number of aliphatic hydroxyl groups is 2. The van der Waals surface area contributed by atoms with Crippen LogP contribution in [0.3, 0.4) is 0 Å². The molecule has 50 heavy (non-hydrogen) atoms. The summed E-state index contributed by atoms with van der Waals surface area (Å²) in [5, 5.41) is 18.3. The molecule has 0 saturated heterocycles. The molecule has 0 saturated carbocycles. The lowest BCUT2D eigenvalue weighted by Crippen LogP contribution is -2.29. The number of ether oxygens (including phenoxy) is 2. The summed E-state index contributed by atoms with van der Waals surface area (Å²) in [7, 11) is -4.52. The fraction of sp³-hybridized carbons (Fsp3) is 0.725. The van der Waals surface area contributed by atoms with Gasteiger partial charge in [0.05, 0.1) is 26.4 Å². The third kappa shape index (κ3) is 36.0. The SMILES string of the molecule is CC/C=C\C/C=C\C/C=C\C/C=C\C/C=C\CCCCCC(=O)OC(COCCCCCCCCCCCC)COP(=O)(O)OCC(O)CO. The number of phosphoric ester groups is 1. The number of esters is 1. The van der Waals surface area contributed by atoms with Crippen LogP contribution in [0.25, 0.3) is 0 Å². The number of allylic oxidation sites excluding steroid dienone is 10. The standard InChI is InChI=1S/C40H71O9P/c1-3-5-7-9-11-13-15-16-17-18-19-20-21-22-23-24-26-28-30-32-40(43)49-39(37-48-50(44,45)47-35-38(42)34-41)36-46-33-31-29-27-25-14-12-10-8-6-4-2/h5,7,11,13,16-17,19-20,22-23,38-39,41-42H,3-4,6,8-10,12,14-15,18,21,24-37H2,1-2H3,(H,44,45)/b7-5-,13-11-,17-16-,20-19-,23-22-. The van der Waals surface area contributed by atoms with Crippen molar-refractivity contribution < 1.29 is 43.0 Å².